The van der Waals surface area contributed by atoms with Gasteiger partial charge in [0, 0.05) is 0 Å². The fourth-order valence-electron chi connectivity index (χ4n) is 4.18. The summed E-state index contributed by atoms with van der Waals surface area (Å²) in [4.78, 5) is 4.87. The van der Waals surface area contributed by atoms with Gasteiger partial charge in [-0.15, -0.1) is 0 Å². The van der Waals surface area contributed by atoms with Gasteiger partial charge in [-0.05, 0) is 54.3 Å². The van der Waals surface area contributed by atoms with Gasteiger partial charge in [0.1, 0.15) is 0 Å². The first-order valence-corrected chi connectivity index (χ1v) is 10.1. The summed E-state index contributed by atoms with van der Waals surface area (Å²) < 4.78 is 2.33. The molecule has 28 heavy (non-hydrogen) atoms. The molecule has 3 nitrogen and oxygen atoms in total. The Labute approximate surface area is 173 Å². The molecule has 5 rings (SSSR count). The average Bonchev–Trinajstić information content (AvgIpc) is 3.08. The minimum absolute atomic E-state index is 0.101. The minimum Gasteiger partial charge on any atom is -0.349 e. The molecule has 4 aromatic rings. The van der Waals surface area contributed by atoms with E-state index in [2.05, 4.69) is 59.3 Å². The van der Waals surface area contributed by atoms with Crippen LogP contribution in [0.15, 0.2) is 66.7 Å². The summed E-state index contributed by atoms with van der Waals surface area (Å²) in [5, 5.41) is 4.77. The Balaban J connectivity index is 1.68. The van der Waals surface area contributed by atoms with Crippen LogP contribution in [-0.4, -0.2) is 9.55 Å². The second kappa shape index (κ2) is 6.84. The van der Waals surface area contributed by atoms with Gasteiger partial charge in [-0.1, -0.05) is 65.7 Å². The Bertz CT molecular complexity index is 1180. The van der Waals surface area contributed by atoms with Crippen LogP contribution in [0.1, 0.15) is 35.2 Å². The van der Waals surface area contributed by atoms with E-state index >= 15 is 0 Å². The first-order chi connectivity index (χ1) is 13.6. The van der Waals surface area contributed by atoms with Crippen molar-refractivity contribution in [3.8, 4) is 0 Å². The highest BCUT2D eigenvalue weighted by molar-refractivity contribution is 6.42. The van der Waals surface area contributed by atoms with Crippen LogP contribution in [0.3, 0.4) is 0 Å². The first-order valence-electron chi connectivity index (χ1n) is 9.36. The molecule has 3 aromatic carbocycles. The van der Waals surface area contributed by atoms with Crippen LogP contribution >= 0.6 is 23.2 Å². The van der Waals surface area contributed by atoms with E-state index < -0.39 is 0 Å². The molecular formula is C23H19Cl2N3. The highest BCUT2D eigenvalue weighted by Gasteiger charge is 2.31. The Morgan fingerprint density at radius 3 is 2.57 bits per heavy atom. The zero-order chi connectivity index (χ0) is 19.3. The van der Waals surface area contributed by atoms with Crippen molar-refractivity contribution in [3.05, 3.63) is 93.5 Å². The molecule has 140 valence electrons. The Hall–Kier alpha value is -2.49. The summed E-state index contributed by atoms with van der Waals surface area (Å²) in [7, 11) is 0. The maximum absolute atomic E-state index is 6.30. The zero-order valence-corrected chi connectivity index (χ0v) is 16.9. The Morgan fingerprint density at radius 2 is 1.75 bits per heavy atom. The van der Waals surface area contributed by atoms with Crippen LogP contribution < -0.4 is 5.32 Å². The van der Waals surface area contributed by atoms with E-state index in [1.54, 1.807) is 0 Å². The van der Waals surface area contributed by atoms with E-state index in [9.17, 15) is 0 Å². The van der Waals surface area contributed by atoms with Gasteiger partial charge in [-0.3, -0.25) is 0 Å². The van der Waals surface area contributed by atoms with Gasteiger partial charge in [0.15, 0.2) is 0 Å². The van der Waals surface area contributed by atoms with Crippen molar-refractivity contribution in [1.29, 1.82) is 0 Å². The molecule has 1 N–H and O–H groups in total. The van der Waals surface area contributed by atoms with Gasteiger partial charge in [-0.2, -0.15) is 0 Å². The topological polar surface area (TPSA) is 29.9 Å². The lowest BCUT2D eigenvalue weighted by molar-refractivity contribution is 0.476. The Morgan fingerprint density at radius 1 is 0.964 bits per heavy atom. The number of para-hydroxylation sites is 2. The van der Waals surface area contributed by atoms with Crippen LogP contribution in [-0.2, 0) is 0 Å². The molecule has 1 aliphatic heterocycles. The summed E-state index contributed by atoms with van der Waals surface area (Å²) in [6.45, 7) is 2.17. The smallest absolute Gasteiger partial charge is 0.204 e. The lowest BCUT2D eigenvalue weighted by Gasteiger charge is -2.34. The maximum atomic E-state index is 6.30. The number of benzene rings is 3. The number of rotatable bonds is 2. The van der Waals surface area contributed by atoms with E-state index in [4.69, 9.17) is 28.2 Å². The number of nitrogens with zero attached hydrogens (tertiary/aromatic N) is 2. The molecular weight excluding hydrogens is 389 g/mol. The number of halogens is 2. The van der Waals surface area contributed by atoms with Crippen LogP contribution in [0.25, 0.3) is 11.0 Å². The van der Waals surface area contributed by atoms with E-state index in [1.807, 2.05) is 24.3 Å². The molecule has 2 heterocycles. The molecule has 0 amide bonds. The molecule has 0 radical (unpaired) electrons. The first kappa shape index (κ1) is 17.6. The predicted octanol–water partition coefficient (Wildman–Crippen LogP) is 6.80. The molecule has 2 unspecified atom stereocenters. The quantitative estimate of drug-likeness (QED) is 0.395. The highest BCUT2D eigenvalue weighted by atomic mass is 35.5. The molecule has 0 fully saturated rings. The van der Waals surface area contributed by atoms with Crippen molar-refractivity contribution < 1.29 is 0 Å². The molecule has 1 aliphatic rings. The van der Waals surface area contributed by atoms with E-state index in [0.29, 0.717) is 10.0 Å². The molecule has 5 heteroatoms. The molecule has 0 saturated heterocycles. The summed E-state index contributed by atoms with van der Waals surface area (Å²) in [6, 6.07) is 23.0. The summed E-state index contributed by atoms with van der Waals surface area (Å²) >= 11 is 12.4. The monoisotopic (exact) mass is 407 g/mol. The van der Waals surface area contributed by atoms with Gasteiger partial charge in [0.05, 0.1) is 33.2 Å². The fourth-order valence-corrected chi connectivity index (χ4v) is 4.49. The van der Waals surface area contributed by atoms with Crippen molar-refractivity contribution in [3.63, 3.8) is 0 Å². The van der Waals surface area contributed by atoms with Crippen LogP contribution in [0.4, 0.5) is 5.95 Å². The number of aryl methyl sites for hydroxylation is 1. The summed E-state index contributed by atoms with van der Waals surface area (Å²) in [5.41, 5.74) is 5.86. The summed E-state index contributed by atoms with van der Waals surface area (Å²) in [5.74, 6) is 0.886. The molecule has 0 bridgehead atoms. The number of hydrogen-bond donors (Lipinski definition) is 1. The molecule has 2 atom stereocenters. The van der Waals surface area contributed by atoms with Crippen molar-refractivity contribution in [2.24, 2.45) is 0 Å². The molecule has 0 spiro atoms. The van der Waals surface area contributed by atoms with Gasteiger partial charge < -0.3 is 9.88 Å². The number of hydrogen-bond acceptors (Lipinski definition) is 2. The standard InChI is InChI=1S/C23H19Cl2N3/c1-14-6-2-3-7-16(14)22-13-20(15-10-11-17(24)18(25)12-15)27-23-26-19-8-4-5-9-21(19)28(22)23/h2-12,20,22H,13H2,1H3,(H,26,27). The predicted molar refractivity (Wildman–Crippen MR) is 116 cm³/mol. The van der Waals surface area contributed by atoms with Crippen molar-refractivity contribution in [2.75, 3.05) is 5.32 Å². The zero-order valence-electron chi connectivity index (χ0n) is 15.4. The number of anilines is 1. The van der Waals surface area contributed by atoms with Crippen LogP contribution in [0, 0.1) is 6.92 Å². The van der Waals surface area contributed by atoms with Crippen LogP contribution in [0.2, 0.25) is 10.0 Å². The average molecular weight is 408 g/mol. The minimum atomic E-state index is 0.101. The number of fused-ring (bicyclic) bond motifs is 3. The fraction of sp³-hybridized carbons (Fsp3) is 0.174. The summed E-state index contributed by atoms with van der Waals surface area (Å²) in [6.07, 6.45) is 0.899. The SMILES string of the molecule is Cc1ccccc1C1CC(c2ccc(Cl)c(Cl)c2)Nc2nc3ccccc3n21. The van der Waals surface area contributed by atoms with Crippen molar-refractivity contribution in [1.82, 2.24) is 9.55 Å². The van der Waals surface area contributed by atoms with Gasteiger partial charge in [0.25, 0.3) is 0 Å². The lowest BCUT2D eigenvalue weighted by Crippen LogP contribution is -2.27. The number of imidazole rings is 1. The maximum Gasteiger partial charge on any atom is 0.204 e. The normalized spacial score (nSPS) is 18.7. The molecule has 0 saturated carbocycles. The number of aromatic nitrogens is 2. The van der Waals surface area contributed by atoms with Crippen molar-refractivity contribution >= 4 is 40.2 Å². The van der Waals surface area contributed by atoms with Gasteiger partial charge >= 0.3 is 0 Å². The third kappa shape index (κ3) is 2.86. The third-order valence-electron chi connectivity index (χ3n) is 5.56. The van der Waals surface area contributed by atoms with E-state index in [0.717, 1.165) is 29.0 Å². The molecule has 1 aromatic heterocycles. The van der Waals surface area contributed by atoms with E-state index in [1.165, 1.54) is 11.1 Å². The largest absolute Gasteiger partial charge is 0.349 e. The van der Waals surface area contributed by atoms with Crippen LogP contribution in [0.5, 0.6) is 0 Å². The highest BCUT2D eigenvalue weighted by Crippen LogP contribution is 2.42. The lowest BCUT2D eigenvalue weighted by atomic mass is 9.91. The van der Waals surface area contributed by atoms with Gasteiger partial charge in [-0.25, -0.2) is 4.98 Å². The second-order valence-electron chi connectivity index (χ2n) is 7.27. The number of nitrogens with one attached hydrogen (secondary N) is 1. The van der Waals surface area contributed by atoms with E-state index in [-0.39, 0.29) is 12.1 Å². The second-order valence-corrected chi connectivity index (χ2v) is 8.09. The Kier molecular flexibility index (Phi) is 4.30. The molecule has 0 aliphatic carbocycles. The third-order valence-corrected chi connectivity index (χ3v) is 6.30. The van der Waals surface area contributed by atoms with Crippen molar-refractivity contribution in [2.45, 2.75) is 25.4 Å². The van der Waals surface area contributed by atoms with Gasteiger partial charge in [0.2, 0.25) is 5.95 Å².